The number of hydrogen-bond donors (Lipinski definition) is 1. The van der Waals surface area contributed by atoms with E-state index in [1.165, 1.54) is 24.0 Å². The number of nitrogens with zero attached hydrogens (tertiary/aromatic N) is 1. The van der Waals surface area contributed by atoms with Crippen LogP contribution in [0.1, 0.15) is 43.4 Å². The molecule has 0 radical (unpaired) electrons. The largest absolute Gasteiger partial charge is 1.00 e. The van der Waals surface area contributed by atoms with Crippen LogP contribution in [0.4, 0.5) is 5.69 Å². The zero-order chi connectivity index (χ0) is 18.7. The van der Waals surface area contributed by atoms with Crippen LogP contribution in [-0.2, 0) is 16.0 Å². The topological polar surface area (TPSA) is 41.6 Å². The molecule has 1 saturated heterocycles. The van der Waals surface area contributed by atoms with E-state index in [1.54, 1.807) is 0 Å². The summed E-state index contributed by atoms with van der Waals surface area (Å²) in [4.78, 5) is 14.2. The van der Waals surface area contributed by atoms with Crippen molar-refractivity contribution in [1.82, 2.24) is 5.32 Å². The molecule has 1 aromatic carbocycles. The normalized spacial score (nSPS) is 22.1. The van der Waals surface area contributed by atoms with Gasteiger partial charge in [-0.3, -0.25) is 9.69 Å². The fourth-order valence-corrected chi connectivity index (χ4v) is 4.51. The molecular weight excluding hydrogens is 374 g/mol. The fourth-order valence-electron chi connectivity index (χ4n) is 3.76. The zero-order valence-electron chi connectivity index (χ0n) is 17.8. The van der Waals surface area contributed by atoms with Gasteiger partial charge in [0.2, 0.25) is 5.91 Å². The summed E-state index contributed by atoms with van der Waals surface area (Å²) in [5.41, 5.74) is 3.70. The number of ether oxygens (including phenoxy) is 1. The minimum absolute atomic E-state index is 0. The maximum absolute atomic E-state index is 12.4. The first kappa shape index (κ1) is 25.9. The molecule has 0 aromatic heterocycles. The minimum atomic E-state index is -1.10. The Morgan fingerprint density at radius 2 is 1.96 bits per heavy atom. The van der Waals surface area contributed by atoms with Crippen molar-refractivity contribution >= 4 is 28.1 Å². The Morgan fingerprint density at radius 3 is 2.61 bits per heavy atom. The summed E-state index contributed by atoms with van der Waals surface area (Å²) < 4.78 is 5.86. The zero-order valence-corrected chi connectivity index (χ0v) is 20.8. The van der Waals surface area contributed by atoms with Gasteiger partial charge in [-0.15, -0.1) is 0 Å². The van der Waals surface area contributed by atoms with Crippen LogP contribution in [0.5, 0.6) is 0 Å². The van der Waals surface area contributed by atoms with E-state index in [0.717, 1.165) is 37.2 Å². The average molecular weight is 412 g/mol. The molecule has 2 aliphatic heterocycles. The first-order valence-corrected chi connectivity index (χ1v) is 13.8. The number of piperidine rings is 1. The van der Waals surface area contributed by atoms with E-state index >= 15 is 0 Å². The molecule has 7 heteroatoms. The second kappa shape index (κ2) is 11.3. The number of rotatable bonds is 6. The summed E-state index contributed by atoms with van der Waals surface area (Å²) in [6.07, 6.45) is 3.91. The smallest absolute Gasteiger partial charge is 0.361 e. The van der Waals surface area contributed by atoms with Gasteiger partial charge in [0.15, 0.2) is 0 Å². The van der Waals surface area contributed by atoms with Crippen molar-refractivity contribution in [3.8, 4) is 0 Å². The molecule has 1 amide bonds. The van der Waals surface area contributed by atoms with Crippen LogP contribution < -0.4 is 39.8 Å². The van der Waals surface area contributed by atoms with Crippen LogP contribution in [0.15, 0.2) is 18.2 Å². The number of carbonyl (C=O) groups is 1. The van der Waals surface area contributed by atoms with Gasteiger partial charge in [0.1, 0.15) is 6.73 Å². The van der Waals surface area contributed by atoms with Crippen LogP contribution >= 0.6 is 0 Å². The van der Waals surface area contributed by atoms with Crippen molar-refractivity contribution in [2.75, 3.05) is 24.8 Å². The number of carbonyl (C=O) groups excluding carboxylic acids is 1. The van der Waals surface area contributed by atoms with E-state index in [4.69, 9.17) is 4.74 Å². The van der Waals surface area contributed by atoms with Gasteiger partial charge in [-0.05, 0) is 55.0 Å². The van der Waals surface area contributed by atoms with Crippen molar-refractivity contribution in [3.63, 3.8) is 0 Å². The Balaban J connectivity index is 0.00000196. The summed E-state index contributed by atoms with van der Waals surface area (Å²) >= 11 is 0. The molecule has 0 aliphatic carbocycles. The first-order valence-electron chi connectivity index (χ1n) is 10.1. The fraction of sp³-hybridized carbons (Fsp3) is 0.667. The molecule has 0 saturated carbocycles. The number of hydrogen-bond acceptors (Lipinski definition) is 3. The molecule has 0 spiro atoms. The van der Waals surface area contributed by atoms with Gasteiger partial charge in [-0.2, -0.15) is 0 Å². The molecule has 1 N–H and O–H groups in total. The minimum Gasteiger partial charge on any atom is -0.361 e. The Hall–Kier alpha value is -0.108. The van der Waals surface area contributed by atoms with Crippen molar-refractivity contribution < 1.29 is 39.1 Å². The number of benzene rings is 1. The van der Waals surface area contributed by atoms with Crippen LogP contribution in [0.2, 0.25) is 25.7 Å². The van der Waals surface area contributed by atoms with Crippen molar-refractivity contribution in [3.05, 3.63) is 29.3 Å². The summed E-state index contributed by atoms with van der Waals surface area (Å²) in [6.45, 7) is 11.6. The quantitative estimate of drug-likeness (QED) is 0.524. The van der Waals surface area contributed by atoms with Gasteiger partial charge in [0.25, 0.3) is 0 Å². The third-order valence-electron chi connectivity index (χ3n) is 5.58. The average Bonchev–Trinajstić information content (AvgIpc) is 2.59. The van der Waals surface area contributed by atoms with E-state index in [2.05, 4.69) is 50.1 Å². The van der Waals surface area contributed by atoms with Crippen molar-refractivity contribution in [2.24, 2.45) is 5.92 Å². The Morgan fingerprint density at radius 1 is 1.21 bits per heavy atom. The Kier molecular flexibility index (Phi) is 10.5. The molecule has 1 unspecified atom stereocenters. The number of nitrogens with one attached hydrogen (secondary N) is 1. The van der Waals surface area contributed by atoms with Crippen molar-refractivity contribution in [1.29, 1.82) is 0 Å². The maximum Gasteiger partial charge on any atom is 1.00 e. The molecule has 1 fully saturated rings. The molecule has 152 valence electrons. The van der Waals surface area contributed by atoms with E-state index in [-0.39, 0.29) is 43.9 Å². The van der Waals surface area contributed by atoms with Crippen LogP contribution in [0.3, 0.4) is 0 Å². The molecule has 2 aliphatic rings. The molecule has 28 heavy (non-hydrogen) atoms. The molecule has 1 aromatic rings. The Bertz CT molecular complexity index is 646. The standard InChI is InChI=1S/C21H34N2O2Si.BH4.Na/c1-16-5-8-19(22-14-16)17-6-9-20-18(13-17)7-10-21(24)23(20)15-25-11-12-26(2,3)4;;/h6,9,13,16,19,22H,5,7-8,10-12,14-15H2,1-4H3;1H4;/q;-1;+1/t16-,19?;;/m0../s1. The molecule has 2 heterocycles. The molecule has 2 atom stereocenters. The van der Waals surface area contributed by atoms with E-state index < -0.39 is 8.07 Å². The van der Waals surface area contributed by atoms with E-state index in [0.29, 0.717) is 19.2 Å². The molecule has 0 bridgehead atoms. The van der Waals surface area contributed by atoms with E-state index in [1.807, 2.05) is 4.90 Å². The summed E-state index contributed by atoms with van der Waals surface area (Å²) in [6, 6.07) is 8.22. The maximum atomic E-state index is 12.4. The predicted octanol–water partition coefficient (Wildman–Crippen LogP) is -0.109. The molecular formula is C21H38BN2NaO2Si. The number of fused-ring (bicyclic) bond motifs is 1. The first-order chi connectivity index (χ1) is 12.3. The van der Waals surface area contributed by atoms with Crippen LogP contribution in [0.25, 0.3) is 0 Å². The number of aryl methyl sites for hydroxylation is 1. The summed E-state index contributed by atoms with van der Waals surface area (Å²) in [5.74, 6) is 0.952. The monoisotopic (exact) mass is 412 g/mol. The predicted molar refractivity (Wildman–Crippen MR) is 122 cm³/mol. The second-order valence-electron chi connectivity index (χ2n) is 9.20. The van der Waals surface area contributed by atoms with Gasteiger partial charge in [0.05, 0.1) is 0 Å². The third kappa shape index (κ3) is 6.99. The van der Waals surface area contributed by atoms with Gasteiger partial charge in [0, 0.05) is 32.8 Å². The van der Waals surface area contributed by atoms with Crippen LogP contribution in [-0.4, -0.2) is 42.3 Å². The van der Waals surface area contributed by atoms with Crippen LogP contribution in [0, 0.1) is 5.92 Å². The van der Waals surface area contributed by atoms with E-state index in [9.17, 15) is 4.79 Å². The summed E-state index contributed by atoms with van der Waals surface area (Å²) in [7, 11) is -1.10. The third-order valence-corrected chi connectivity index (χ3v) is 7.29. The van der Waals surface area contributed by atoms with Gasteiger partial charge in [-0.1, -0.05) is 47.1 Å². The van der Waals surface area contributed by atoms with Crippen molar-refractivity contribution in [2.45, 2.75) is 64.3 Å². The molecule has 4 nitrogen and oxygen atoms in total. The van der Waals surface area contributed by atoms with Gasteiger partial charge in [-0.25, -0.2) is 0 Å². The van der Waals surface area contributed by atoms with Gasteiger partial charge >= 0.3 is 29.6 Å². The second-order valence-corrected chi connectivity index (χ2v) is 14.8. The summed E-state index contributed by atoms with van der Waals surface area (Å²) in [5, 5.41) is 3.67. The van der Waals surface area contributed by atoms with Gasteiger partial charge < -0.3 is 10.1 Å². The molecule has 3 rings (SSSR count). The Labute approximate surface area is 196 Å². The number of anilines is 1. The SMILES string of the molecule is C[C@H]1CCC(c2ccc3c(c2)CCC(=O)N3COCC[Si](C)(C)C)NC1.[BH4-].[Na+]. The number of amides is 1.